The number of aliphatic hydroxyl groups is 1. The van der Waals surface area contributed by atoms with Gasteiger partial charge >= 0.3 is 0 Å². The Morgan fingerprint density at radius 3 is 2.26 bits per heavy atom. The Hall–Kier alpha value is -1.75. The molecule has 0 saturated carbocycles. The maximum atomic E-state index is 11.7. The van der Waals surface area contributed by atoms with E-state index < -0.39 is 6.10 Å². The van der Waals surface area contributed by atoms with Gasteiger partial charge in [0.05, 0.1) is 12.7 Å². The van der Waals surface area contributed by atoms with E-state index in [0.717, 1.165) is 5.75 Å². The summed E-state index contributed by atoms with van der Waals surface area (Å²) in [6.45, 7) is 4.42. The Morgan fingerprint density at radius 1 is 1.26 bits per heavy atom. The van der Waals surface area contributed by atoms with Gasteiger partial charge in [-0.15, -0.1) is 0 Å². The number of aliphatic hydroxyl groups excluding tert-OH is 1. The summed E-state index contributed by atoms with van der Waals surface area (Å²) in [5.74, 6) is 1.21. The predicted octanol–water partition coefficient (Wildman–Crippen LogP) is 1.30. The van der Waals surface area contributed by atoms with Gasteiger partial charge in [-0.25, -0.2) is 0 Å². The SMILES string of the molecule is CCOc1ccc(OCC(=O)N(C)CC(C)O)cc1. The Kier molecular flexibility index (Phi) is 6.15. The molecule has 0 aliphatic heterocycles. The molecule has 0 radical (unpaired) electrons. The molecule has 1 amide bonds. The first-order valence-electron chi connectivity index (χ1n) is 6.30. The summed E-state index contributed by atoms with van der Waals surface area (Å²) in [6, 6.07) is 7.10. The first kappa shape index (κ1) is 15.3. The Labute approximate surface area is 113 Å². The lowest BCUT2D eigenvalue weighted by atomic mass is 10.3. The van der Waals surface area contributed by atoms with Crippen molar-refractivity contribution < 1.29 is 19.4 Å². The molecule has 0 aliphatic carbocycles. The van der Waals surface area contributed by atoms with Crippen LogP contribution in [0.2, 0.25) is 0 Å². The second kappa shape index (κ2) is 7.63. The molecular weight excluding hydrogens is 246 g/mol. The number of amides is 1. The van der Waals surface area contributed by atoms with Crippen molar-refractivity contribution in [1.82, 2.24) is 4.90 Å². The fourth-order valence-electron chi connectivity index (χ4n) is 1.55. The highest BCUT2D eigenvalue weighted by atomic mass is 16.5. The lowest BCUT2D eigenvalue weighted by molar-refractivity contribution is -0.133. The van der Waals surface area contributed by atoms with Crippen molar-refractivity contribution in [3.8, 4) is 11.5 Å². The molecule has 1 atom stereocenters. The molecule has 1 aromatic carbocycles. The van der Waals surface area contributed by atoms with E-state index in [1.165, 1.54) is 4.90 Å². The summed E-state index contributed by atoms with van der Waals surface area (Å²) in [6.07, 6.45) is -0.542. The molecule has 19 heavy (non-hydrogen) atoms. The summed E-state index contributed by atoms with van der Waals surface area (Å²) >= 11 is 0. The number of rotatable bonds is 7. The smallest absolute Gasteiger partial charge is 0.260 e. The van der Waals surface area contributed by atoms with E-state index in [9.17, 15) is 9.90 Å². The average molecular weight is 267 g/mol. The van der Waals surface area contributed by atoms with E-state index in [0.29, 0.717) is 18.9 Å². The van der Waals surface area contributed by atoms with Crippen LogP contribution in [-0.2, 0) is 4.79 Å². The molecule has 1 unspecified atom stereocenters. The summed E-state index contributed by atoms with van der Waals surface area (Å²) in [5.41, 5.74) is 0. The van der Waals surface area contributed by atoms with Gasteiger partial charge in [0, 0.05) is 13.6 Å². The highest BCUT2D eigenvalue weighted by molar-refractivity contribution is 5.77. The Bertz CT molecular complexity index is 389. The summed E-state index contributed by atoms with van der Waals surface area (Å²) in [4.78, 5) is 13.1. The van der Waals surface area contributed by atoms with Gasteiger partial charge in [-0.2, -0.15) is 0 Å². The second-order valence-corrected chi connectivity index (χ2v) is 4.32. The number of benzene rings is 1. The molecule has 0 aromatic heterocycles. The zero-order valence-electron chi connectivity index (χ0n) is 11.6. The molecule has 106 valence electrons. The van der Waals surface area contributed by atoms with Crippen LogP contribution in [0.3, 0.4) is 0 Å². The molecule has 0 heterocycles. The molecule has 0 saturated heterocycles. The van der Waals surface area contributed by atoms with E-state index in [1.54, 1.807) is 38.2 Å². The number of hydrogen-bond donors (Lipinski definition) is 1. The molecule has 5 nitrogen and oxygen atoms in total. The van der Waals surface area contributed by atoms with Crippen LogP contribution in [0.5, 0.6) is 11.5 Å². The normalized spacial score (nSPS) is 11.8. The third-order valence-electron chi connectivity index (χ3n) is 2.46. The van der Waals surface area contributed by atoms with Crippen LogP contribution in [-0.4, -0.2) is 48.8 Å². The fourth-order valence-corrected chi connectivity index (χ4v) is 1.55. The minimum atomic E-state index is -0.542. The third kappa shape index (κ3) is 5.61. The summed E-state index contributed by atoms with van der Waals surface area (Å²) < 4.78 is 10.7. The van der Waals surface area contributed by atoms with Crippen LogP contribution < -0.4 is 9.47 Å². The van der Waals surface area contributed by atoms with Crippen molar-refractivity contribution in [3.63, 3.8) is 0 Å². The van der Waals surface area contributed by atoms with E-state index in [-0.39, 0.29) is 12.5 Å². The molecule has 0 bridgehead atoms. The highest BCUT2D eigenvalue weighted by Gasteiger charge is 2.11. The fraction of sp³-hybridized carbons (Fsp3) is 0.500. The Balaban J connectivity index is 2.41. The van der Waals surface area contributed by atoms with E-state index >= 15 is 0 Å². The van der Waals surface area contributed by atoms with Crippen molar-refractivity contribution in [3.05, 3.63) is 24.3 Å². The first-order valence-corrected chi connectivity index (χ1v) is 6.30. The van der Waals surface area contributed by atoms with E-state index in [1.807, 2.05) is 6.92 Å². The van der Waals surface area contributed by atoms with Crippen molar-refractivity contribution >= 4 is 5.91 Å². The number of carbonyl (C=O) groups excluding carboxylic acids is 1. The molecular formula is C14H21NO4. The Morgan fingerprint density at radius 2 is 1.79 bits per heavy atom. The molecule has 0 fully saturated rings. The summed E-state index contributed by atoms with van der Waals surface area (Å²) in [7, 11) is 1.64. The molecule has 1 rings (SSSR count). The topological polar surface area (TPSA) is 59.0 Å². The van der Waals surface area contributed by atoms with Crippen LogP contribution in [0.25, 0.3) is 0 Å². The number of ether oxygens (including phenoxy) is 2. The highest BCUT2D eigenvalue weighted by Crippen LogP contribution is 2.17. The molecule has 0 spiro atoms. The largest absolute Gasteiger partial charge is 0.494 e. The third-order valence-corrected chi connectivity index (χ3v) is 2.46. The maximum Gasteiger partial charge on any atom is 0.260 e. The van der Waals surface area contributed by atoms with Crippen molar-refractivity contribution in [1.29, 1.82) is 0 Å². The summed E-state index contributed by atoms with van der Waals surface area (Å²) in [5, 5.41) is 9.19. The predicted molar refractivity (Wildman–Crippen MR) is 72.4 cm³/mol. The lowest BCUT2D eigenvalue weighted by Crippen LogP contribution is -2.36. The molecule has 5 heteroatoms. The van der Waals surface area contributed by atoms with Crippen LogP contribution >= 0.6 is 0 Å². The van der Waals surface area contributed by atoms with Gasteiger partial charge in [0.25, 0.3) is 5.91 Å². The van der Waals surface area contributed by atoms with Gasteiger partial charge in [-0.05, 0) is 38.1 Å². The lowest BCUT2D eigenvalue weighted by Gasteiger charge is -2.18. The van der Waals surface area contributed by atoms with Crippen molar-refractivity contribution in [2.75, 3.05) is 26.8 Å². The zero-order valence-corrected chi connectivity index (χ0v) is 11.6. The number of likely N-dealkylation sites (N-methyl/N-ethyl adjacent to an activating group) is 1. The maximum absolute atomic E-state index is 11.7. The van der Waals surface area contributed by atoms with Gasteiger partial charge in [0.15, 0.2) is 6.61 Å². The van der Waals surface area contributed by atoms with E-state index in [2.05, 4.69) is 0 Å². The van der Waals surface area contributed by atoms with Crippen LogP contribution in [0, 0.1) is 0 Å². The minimum absolute atomic E-state index is 0.0444. The standard InChI is InChI=1S/C14H21NO4/c1-4-18-12-5-7-13(8-6-12)19-10-14(17)15(3)9-11(2)16/h5-8,11,16H,4,9-10H2,1-3H3. The van der Waals surface area contributed by atoms with Gasteiger partial charge < -0.3 is 19.5 Å². The van der Waals surface area contributed by atoms with Crippen molar-refractivity contribution in [2.24, 2.45) is 0 Å². The number of carbonyl (C=O) groups is 1. The van der Waals surface area contributed by atoms with Gasteiger partial charge in [0.2, 0.25) is 0 Å². The van der Waals surface area contributed by atoms with Crippen LogP contribution in [0.4, 0.5) is 0 Å². The van der Waals surface area contributed by atoms with Crippen LogP contribution in [0.15, 0.2) is 24.3 Å². The molecule has 0 aliphatic rings. The molecule has 1 N–H and O–H groups in total. The first-order chi connectivity index (χ1) is 9.02. The second-order valence-electron chi connectivity index (χ2n) is 4.32. The molecule has 1 aromatic rings. The van der Waals surface area contributed by atoms with Gasteiger partial charge in [-0.3, -0.25) is 4.79 Å². The minimum Gasteiger partial charge on any atom is -0.494 e. The van der Waals surface area contributed by atoms with Gasteiger partial charge in [0.1, 0.15) is 11.5 Å². The van der Waals surface area contributed by atoms with Crippen molar-refractivity contribution in [2.45, 2.75) is 20.0 Å². The van der Waals surface area contributed by atoms with Gasteiger partial charge in [-0.1, -0.05) is 0 Å². The zero-order chi connectivity index (χ0) is 14.3. The monoisotopic (exact) mass is 267 g/mol. The average Bonchev–Trinajstić information content (AvgIpc) is 2.37. The quantitative estimate of drug-likeness (QED) is 0.809. The van der Waals surface area contributed by atoms with E-state index in [4.69, 9.17) is 9.47 Å². The number of nitrogens with zero attached hydrogens (tertiary/aromatic N) is 1. The van der Waals surface area contributed by atoms with Crippen LogP contribution in [0.1, 0.15) is 13.8 Å². The number of hydrogen-bond acceptors (Lipinski definition) is 4.